The van der Waals surface area contributed by atoms with Crippen molar-refractivity contribution >= 4 is 29.6 Å². The number of benzene rings is 2. The molecule has 1 nitrogen and oxygen atoms in total. The van der Waals surface area contributed by atoms with E-state index in [4.69, 9.17) is 11.6 Å². The normalized spacial score (nSPS) is 17.5. The predicted octanol–water partition coefficient (Wildman–Crippen LogP) is 4.28. The van der Waals surface area contributed by atoms with Crippen LogP contribution < -0.4 is 0 Å². The molecule has 3 rings (SSSR count). The fraction of sp³-hybridized carbons (Fsp3) is 0.133. The Labute approximate surface area is 115 Å². The summed E-state index contributed by atoms with van der Waals surface area (Å²) in [6, 6.07) is 13.9. The van der Waals surface area contributed by atoms with Crippen LogP contribution >= 0.6 is 23.4 Å². The Hall–Kier alpha value is -1.25. The number of hydrogen-bond acceptors (Lipinski definition) is 2. The molecule has 0 aliphatic carbocycles. The number of rotatable bonds is 1. The highest BCUT2D eigenvalue weighted by atomic mass is 35.5. The minimum atomic E-state index is -0.204. The fourth-order valence-electron chi connectivity index (χ4n) is 2.36. The highest BCUT2D eigenvalue weighted by Gasteiger charge is 2.24. The molecule has 1 unspecified atom stereocenters. The van der Waals surface area contributed by atoms with Gasteiger partial charge in [0.05, 0.1) is 10.9 Å². The van der Waals surface area contributed by atoms with Crippen LogP contribution in [0.1, 0.15) is 22.6 Å². The molecule has 2 aromatic carbocycles. The zero-order chi connectivity index (χ0) is 12.5. The van der Waals surface area contributed by atoms with E-state index in [9.17, 15) is 4.79 Å². The molecule has 0 spiro atoms. The van der Waals surface area contributed by atoms with E-state index in [1.165, 1.54) is 5.56 Å². The van der Waals surface area contributed by atoms with Crippen LogP contribution in [0.3, 0.4) is 0 Å². The molecule has 1 atom stereocenters. The lowest BCUT2D eigenvalue weighted by molar-refractivity contribution is -0.108. The average Bonchev–Trinajstić information content (AvgIpc) is 2.56. The first-order valence-corrected chi connectivity index (χ1v) is 7.12. The highest BCUT2D eigenvalue weighted by molar-refractivity contribution is 7.98. The van der Waals surface area contributed by atoms with E-state index >= 15 is 0 Å². The number of aldehydes is 1. The molecule has 3 heteroatoms. The minimum absolute atomic E-state index is 0.204. The lowest BCUT2D eigenvalue weighted by atomic mass is 9.90. The molecule has 1 heterocycles. The Kier molecular flexibility index (Phi) is 3.14. The summed E-state index contributed by atoms with van der Waals surface area (Å²) >= 11 is 7.95. The lowest BCUT2D eigenvalue weighted by Gasteiger charge is -2.14. The zero-order valence-corrected chi connectivity index (χ0v) is 11.2. The molecule has 0 bridgehead atoms. The van der Waals surface area contributed by atoms with Gasteiger partial charge >= 0.3 is 0 Å². The van der Waals surface area contributed by atoms with E-state index in [-0.39, 0.29) is 5.92 Å². The van der Waals surface area contributed by atoms with Crippen LogP contribution in [0.4, 0.5) is 0 Å². The van der Waals surface area contributed by atoms with Crippen molar-refractivity contribution in [3.05, 3.63) is 64.2 Å². The van der Waals surface area contributed by atoms with Gasteiger partial charge in [-0.3, -0.25) is 0 Å². The molecule has 0 radical (unpaired) electrons. The van der Waals surface area contributed by atoms with Gasteiger partial charge in [0.15, 0.2) is 0 Å². The molecule has 0 aromatic heterocycles. The number of fused-ring (bicyclic) bond motifs is 2. The van der Waals surface area contributed by atoms with Crippen molar-refractivity contribution in [1.29, 1.82) is 0 Å². The molecule has 0 saturated carbocycles. The standard InChI is InChI=1S/C15H11ClOS/c16-14-7-3-6-12-13(8-17)11-5-2-1-4-10(11)9-18-15(12)14/h1-8,13H,9H2. The molecular formula is C15H11ClOS. The highest BCUT2D eigenvalue weighted by Crippen LogP contribution is 2.42. The minimum Gasteiger partial charge on any atom is -0.302 e. The summed E-state index contributed by atoms with van der Waals surface area (Å²) in [5.74, 6) is 0.655. The quantitative estimate of drug-likeness (QED) is 0.722. The smallest absolute Gasteiger partial charge is 0.131 e. The first-order chi connectivity index (χ1) is 8.81. The number of hydrogen-bond donors (Lipinski definition) is 0. The maximum Gasteiger partial charge on any atom is 0.131 e. The van der Waals surface area contributed by atoms with Gasteiger partial charge in [0.2, 0.25) is 0 Å². The summed E-state index contributed by atoms with van der Waals surface area (Å²) in [6.45, 7) is 0. The number of carbonyl (C=O) groups excluding carboxylic acids is 1. The third-order valence-electron chi connectivity index (χ3n) is 3.23. The van der Waals surface area contributed by atoms with Crippen molar-refractivity contribution in [2.75, 3.05) is 0 Å². The topological polar surface area (TPSA) is 17.1 Å². The molecule has 2 aromatic rings. The second-order valence-corrected chi connectivity index (χ2v) is 5.65. The van der Waals surface area contributed by atoms with Crippen molar-refractivity contribution in [3.63, 3.8) is 0 Å². The third kappa shape index (κ3) is 1.86. The molecule has 90 valence electrons. The monoisotopic (exact) mass is 274 g/mol. The van der Waals surface area contributed by atoms with E-state index in [2.05, 4.69) is 6.07 Å². The van der Waals surface area contributed by atoms with Crippen LogP contribution in [0.2, 0.25) is 5.02 Å². The summed E-state index contributed by atoms with van der Waals surface area (Å²) < 4.78 is 0. The van der Waals surface area contributed by atoms with Gasteiger partial charge in [0, 0.05) is 10.6 Å². The molecule has 0 saturated heterocycles. The van der Waals surface area contributed by atoms with Gasteiger partial charge in [-0.1, -0.05) is 48.0 Å². The summed E-state index contributed by atoms with van der Waals surface area (Å²) in [5.41, 5.74) is 3.33. The Morgan fingerprint density at radius 2 is 1.89 bits per heavy atom. The van der Waals surface area contributed by atoms with Crippen LogP contribution in [-0.4, -0.2) is 6.29 Å². The predicted molar refractivity (Wildman–Crippen MR) is 75.4 cm³/mol. The first-order valence-electron chi connectivity index (χ1n) is 5.75. The fourth-order valence-corrected chi connectivity index (χ4v) is 3.83. The summed E-state index contributed by atoms with van der Waals surface area (Å²) in [5, 5.41) is 0.733. The van der Waals surface area contributed by atoms with Crippen molar-refractivity contribution in [1.82, 2.24) is 0 Å². The maximum absolute atomic E-state index is 11.5. The molecule has 0 N–H and O–H groups in total. The molecule has 18 heavy (non-hydrogen) atoms. The zero-order valence-electron chi connectivity index (χ0n) is 9.60. The molecule has 1 aliphatic heterocycles. The summed E-state index contributed by atoms with van der Waals surface area (Å²) in [7, 11) is 0. The number of thioether (sulfide) groups is 1. The Morgan fingerprint density at radius 3 is 2.72 bits per heavy atom. The van der Waals surface area contributed by atoms with Crippen molar-refractivity contribution in [2.24, 2.45) is 0 Å². The summed E-state index contributed by atoms with van der Waals surface area (Å²) in [6.07, 6.45) is 1.01. The van der Waals surface area contributed by atoms with E-state index < -0.39 is 0 Å². The second kappa shape index (κ2) is 4.79. The van der Waals surface area contributed by atoms with Gasteiger partial charge in [0.25, 0.3) is 0 Å². The van der Waals surface area contributed by atoms with Gasteiger partial charge in [-0.15, -0.1) is 11.8 Å². The first kappa shape index (κ1) is 11.8. The summed E-state index contributed by atoms with van der Waals surface area (Å²) in [4.78, 5) is 12.5. The van der Waals surface area contributed by atoms with E-state index in [1.54, 1.807) is 11.8 Å². The van der Waals surface area contributed by atoms with E-state index in [0.717, 1.165) is 33.1 Å². The third-order valence-corrected chi connectivity index (χ3v) is 4.86. The van der Waals surface area contributed by atoms with Gasteiger partial charge in [-0.05, 0) is 22.8 Å². The SMILES string of the molecule is O=CC1c2ccccc2CSc2c(Cl)cccc21. The van der Waals surface area contributed by atoms with Gasteiger partial charge < -0.3 is 4.79 Å². The largest absolute Gasteiger partial charge is 0.302 e. The molecular weight excluding hydrogens is 264 g/mol. The number of carbonyl (C=O) groups is 1. The molecule has 0 fully saturated rings. The van der Waals surface area contributed by atoms with Gasteiger partial charge in [-0.25, -0.2) is 0 Å². The van der Waals surface area contributed by atoms with Crippen molar-refractivity contribution in [2.45, 2.75) is 16.6 Å². The van der Waals surface area contributed by atoms with Gasteiger partial charge in [0.1, 0.15) is 6.29 Å². The van der Waals surface area contributed by atoms with Crippen molar-refractivity contribution in [3.8, 4) is 0 Å². The molecule has 1 aliphatic rings. The maximum atomic E-state index is 11.5. The van der Waals surface area contributed by atoms with Crippen LogP contribution in [0.15, 0.2) is 47.4 Å². The molecule has 0 amide bonds. The number of halogens is 1. The second-order valence-electron chi connectivity index (χ2n) is 4.26. The average molecular weight is 275 g/mol. The van der Waals surface area contributed by atoms with Gasteiger partial charge in [-0.2, -0.15) is 0 Å². The lowest BCUT2D eigenvalue weighted by Crippen LogP contribution is -2.04. The van der Waals surface area contributed by atoms with Crippen LogP contribution in [0.25, 0.3) is 0 Å². The van der Waals surface area contributed by atoms with Crippen LogP contribution in [0.5, 0.6) is 0 Å². The Bertz CT molecular complexity index is 609. The Balaban J connectivity index is 2.24. The Morgan fingerprint density at radius 1 is 1.11 bits per heavy atom. The van der Waals surface area contributed by atoms with Crippen LogP contribution in [-0.2, 0) is 10.5 Å². The van der Waals surface area contributed by atoms with Crippen LogP contribution in [0, 0.1) is 0 Å². The van der Waals surface area contributed by atoms with E-state index in [1.807, 2.05) is 36.4 Å². The van der Waals surface area contributed by atoms with E-state index in [0.29, 0.717) is 0 Å². The van der Waals surface area contributed by atoms with Crippen molar-refractivity contribution < 1.29 is 4.79 Å².